The summed E-state index contributed by atoms with van der Waals surface area (Å²) in [5, 5.41) is 0. The van der Waals surface area contributed by atoms with Gasteiger partial charge in [0.15, 0.2) is 0 Å². The molecule has 25 heavy (non-hydrogen) atoms. The van der Waals surface area contributed by atoms with Crippen molar-refractivity contribution in [1.29, 1.82) is 0 Å². The predicted octanol–water partition coefficient (Wildman–Crippen LogP) is 7.54. The van der Waals surface area contributed by atoms with E-state index in [4.69, 9.17) is 0 Å². The molecule has 0 aromatic rings. The zero-order valence-corrected chi connectivity index (χ0v) is 20.2. The number of allylic oxidation sites excluding steroid dienone is 2. The molecule has 2 heteroatoms. The molecule has 0 amide bonds. The van der Waals surface area contributed by atoms with E-state index in [1.165, 1.54) is 102 Å². The lowest BCUT2D eigenvalue weighted by molar-refractivity contribution is 0.536. The fraction of sp³-hybridized carbons (Fsp3) is 0.826. The lowest BCUT2D eigenvalue weighted by Gasteiger charge is -2.07. The maximum absolute atomic E-state index is 3.85. The van der Waals surface area contributed by atoms with Gasteiger partial charge in [0.25, 0.3) is 0 Å². The average molecular weight is 381 g/mol. The van der Waals surface area contributed by atoms with Crippen LogP contribution in [0.15, 0.2) is 25.3 Å². The third-order valence-electron chi connectivity index (χ3n) is 5.47. The highest BCUT2D eigenvalue weighted by Gasteiger charge is 2.02. The summed E-state index contributed by atoms with van der Waals surface area (Å²) in [5.41, 5.74) is 0. The Bertz CT molecular complexity index is 275. The minimum Gasteiger partial charge on any atom is -0.103 e. The number of unbranched alkanes of at least 4 members (excludes halogenated alkanes) is 14. The van der Waals surface area contributed by atoms with Crippen LogP contribution >= 0.6 is 0 Å². The van der Waals surface area contributed by atoms with Gasteiger partial charge in [0.05, 0.1) is 0 Å². The van der Waals surface area contributed by atoms with Gasteiger partial charge in [0, 0.05) is 17.4 Å². The van der Waals surface area contributed by atoms with Crippen molar-refractivity contribution in [3.05, 3.63) is 25.3 Å². The number of hydrogen-bond acceptors (Lipinski definition) is 0. The molecule has 0 spiro atoms. The molecule has 0 N–H and O–H groups in total. The van der Waals surface area contributed by atoms with Crippen molar-refractivity contribution in [2.24, 2.45) is 0 Å². The molecule has 0 rings (SSSR count). The molecule has 0 aliphatic rings. The van der Waals surface area contributed by atoms with Crippen molar-refractivity contribution < 1.29 is 0 Å². The van der Waals surface area contributed by atoms with Crippen molar-refractivity contribution >= 4 is 17.4 Å². The minimum absolute atomic E-state index is 0.251. The molecule has 0 saturated heterocycles. The van der Waals surface area contributed by atoms with Crippen molar-refractivity contribution in [2.75, 3.05) is 0 Å². The summed E-state index contributed by atoms with van der Waals surface area (Å²) in [4.78, 5) is 0. The molecule has 0 saturated carbocycles. The molecule has 0 aromatic heterocycles. The third-order valence-corrected chi connectivity index (χ3v) is 14.1. The Morgan fingerprint density at radius 2 is 1.00 bits per heavy atom. The largest absolute Gasteiger partial charge is 0.103 e. The Labute approximate surface area is 164 Å². The van der Waals surface area contributed by atoms with Crippen molar-refractivity contribution in [2.45, 2.75) is 121 Å². The summed E-state index contributed by atoms with van der Waals surface area (Å²) in [7, 11) is 0.0869. The van der Waals surface area contributed by atoms with E-state index in [9.17, 15) is 0 Å². The fourth-order valence-corrected chi connectivity index (χ4v) is 10.6. The first-order valence-corrected chi connectivity index (χ1v) is 17.8. The zero-order chi connectivity index (χ0) is 18.4. The molecule has 0 heterocycles. The maximum Gasteiger partial charge on any atom is 0.0213 e. The average Bonchev–Trinajstić information content (AvgIpc) is 2.62. The number of hydrogen-bond donors (Lipinski definition) is 0. The van der Waals surface area contributed by atoms with E-state index in [0.717, 1.165) is 0 Å². The summed E-state index contributed by atoms with van der Waals surface area (Å²) in [6, 6.07) is 3.17. The summed E-state index contributed by atoms with van der Waals surface area (Å²) in [6.07, 6.45) is 27.2. The Kier molecular flexibility index (Phi) is 21.9. The molecular weight excluding hydrogens is 332 g/mol. The van der Waals surface area contributed by atoms with Crippen LogP contribution in [0.25, 0.3) is 0 Å². The summed E-state index contributed by atoms with van der Waals surface area (Å²) in [6.45, 7) is 10.2. The normalized spacial score (nSPS) is 12.7. The highest BCUT2D eigenvalue weighted by molar-refractivity contribution is 7.11. The van der Waals surface area contributed by atoms with Gasteiger partial charge in [-0.25, -0.2) is 0 Å². The van der Waals surface area contributed by atoms with E-state index in [1.807, 2.05) is 0 Å². The zero-order valence-electron chi connectivity index (χ0n) is 17.6. The molecule has 0 nitrogen and oxygen atoms in total. The van der Waals surface area contributed by atoms with Gasteiger partial charge in [-0.1, -0.05) is 114 Å². The van der Waals surface area contributed by atoms with Gasteiger partial charge < -0.3 is 0 Å². The van der Waals surface area contributed by atoms with E-state index >= 15 is 0 Å². The van der Waals surface area contributed by atoms with Crippen LogP contribution in [0.4, 0.5) is 0 Å². The van der Waals surface area contributed by atoms with E-state index in [1.54, 1.807) is 12.5 Å². The van der Waals surface area contributed by atoms with Gasteiger partial charge in [0.2, 0.25) is 0 Å². The van der Waals surface area contributed by atoms with Gasteiger partial charge in [-0.2, -0.15) is 0 Å². The molecular formula is C23H48Si2. The van der Waals surface area contributed by atoms with E-state index < -0.39 is 0 Å². The Morgan fingerprint density at radius 3 is 1.44 bits per heavy atom. The van der Waals surface area contributed by atoms with Crippen LogP contribution in [0, 0.1) is 0 Å². The summed E-state index contributed by atoms with van der Waals surface area (Å²) >= 11 is 0. The monoisotopic (exact) mass is 380 g/mol. The van der Waals surface area contributed by atoms with Gasteiger partial charge >= 0.3 is 0 Å². The van der Waals surface area contributed by atoms with Crippen LogP contribution in [0.5, 0.6) is 0 Å². The molecule has 148 valence electrons. The van der Waals surface area contributed by atoms with E-state index in [0.29, 0.717) is 9.04 Å². The second kappa shape index (κ2) is 22.0. The second-order valence-corrected chi connectivity index (χ2v) is 18.1. The molecule has 0 fully saturated rings. The van der Waals surface area contributed by atoms with Crippen LogP contribution in [0.3, 0.4) is 0 Å². The molecule has 0 aliphatic carbocycles. The first kappa shape index (κ1) is 24.9. The molecule has 1 atom stereocenters. The van der Waals surface area contributed by atoms with E-state index in [-0.39, 0.29) is 8.31 Å². The van der Waals surface area contributed by atoms with Crippen LogP contribution in [0.2, 0.25) is 18.6 Å². The van der Waals surface area contributed by atoms with Crippen molar-refractivity contribution in [3.63, 3.8) is 0 Å². The van der Waals surface area contributed by atoms with Crippen LogP contribution in [-0.2, 0) is 0 Å². The maximum atomic E-state index is 3.85. The quantitative estimate of drug-likeness (QED) is 0.110. The highest BCUT2D eigenvalue weighted by atomic mass is 29.2. The van der Waals surface area contributed by atoms with Crippen LogP contribution < -0.4 is 0 Å². The SMILES string of the molecule is C=CCCCCCCCCCCCCCCCC[SiH2][SiH](C)CCC=C. The molecule has 0 bridgehead atoms. The molecule has 0 aromatic carbocycles. The minimum atomic E-state index is -0.251. The lowest BCUT2D eigenvalue weighted by Crippen LogP contribution is -2.16. The van der Waals surface area contributed by atoms with E-state index in [2.05, 4.69) is 31.9 Å². The fourth-order valence-electron chi connectivity index (χ4n) is 3.63. The summed E-state index contributed by atoms with van der Waals surface area (Å²) < 4.78 is 0. The Balaban J connectivity index is 3.05. The third kappa shape index (κ3) is 21.9. The lowest BCUT2D eigenvalue weighted by atomic mass is 10.0. The van der Waals surface area contributed by atoms with Gasteiger partial charge in [0.1, 0.15) is 0 Å². The van der Waals surface area contributed by atoms with Crippen molar-refractivity contribution in [1.82, 2.24) is 0 Å². The highest BCUT2D eigenvalue weighted by Crippen LogP contribution is 2.14. The summed E-state index contributed by atoms with van der Waals surface area (Å²) in [5.74, 6) is 0. The molecule has 1 unspecified atom stereocenters. The van der Waals surface area contributed by atoms with Gasteiger partial charge in [-0.3, -0.25) is 0 Å². The first-order chi connectivity index (χ1) is 12.3. The number of rotatable bonds is 21. The topological polar surface area (TPSA) is 0 Å². The predicted molar refractivity (Wildman–Crippen MR) is 125 cm³/mol. The van der Waals surface area contributed by atoms with Gasteiger partial charge in [-0.15, -0.1) is 13.2 Å². The second-order valence-electron chi connectivity index (χ2n) is 8.14. The first-order valence-electron chi connectivity index (χ1n) is 11.5. The Hall–Kier alpha value is -0.0862. The van der Waals surface area contributed by atoms with Gasteiger partial charge in [-0.05, 0) is 19.3 Å². The smallest absolute Gasteiger partial charge is 0.0213 e. The van der Waals surface area contributed by atoms with Crippen LogP contribution in [-0.4, -0.2) is 17.4 Å². The standard InChI is InChI=1S/C23H48Si2/c1-4-6-8-9-10-11-12-13-14-15-16-17-18-19-20-21-22-24-25(3)23-7-5-2/h4-5,25H,1-2,6-24H2,3H3. The van der Waals surface area contributed by atoms with Crippen molar-refractivity contribution in [3.8, 4) is 0 Å². The molecule has 0 radical (unpaired) electrons. The van der Waals surface area contributed by atoms with Crippen LogP contribution in [0.1, 0.15) is 103 Å². The molecule has 0 aliphatic heterocycles. The Morgan fingerprint density at radius 1 is 0.600 bits per heavy atom.